The van der Waals surface area contributed by atoms with E-state index >= 15 is 0 Å². The molecule has 0 fully saturated rings. The predicted molar refractivity (Wildman–Crippen MR) is 111 cm³/mol. The van der Waals surface area contributed by atoms with Gasteiger partial charge in [-0.15, -0.1) is 0 Å². The molecule has 0 atom stereocenters. The van der Waals surface area contributed by atoms with Crippen molar-refractivity contribution in [3.05, 3.63) is 47.8 Å². The van der Waals surface area contributed by atoms with Crippen molar-refractivity contribution < 1.29 is 8.42 Å². The molecular formula is C12H6Br6N2O2S. The summed E-state index contributed by atoms with van der Waals surface area (Å²) in [6, 6.07) is 6.16. The van der Waals surface area contributed by atoms with Crippen LogP contribution in [0, 0.1) is 0 Å². The molecule has 2 aromatic rings. The Morgan fingerprint density at radius 3 is 1.26 bits per heavy atom. The number of sulfone groups is 1. The fourth-order valence-corrected chi connectivity index (χ4v) is 4.02. The summed E-state index contributed by atoms with van der Waals surface area (Å²) in [4.78, 5) is 8.04. The maximum atomic E-state index is 12.6. The summed E-state index contributed by atoms with van der Waals surface area (Å²) in [7, 11) is -3.78. The predicted octanol–water partition coefficient (Wildman–Crippen LogP) is 5.90. The van der Waals surface area contributed by atoms with Crippen LogP contribution in [-0.2, 0) is 14.1 Å². The number of aromatic nitrogens is 2. The lowest BCUT2D eigenvalue weighted by Crippen LogP contribution is -2.09. The van der Waals surface area contributed by atoms with E-state index in [0.29, 0.717) is 0 Å². The largest absolute Gasteiger partial charge is 0.244 e. The summed E-state index contributed by atoms with van der Waals surface area (Å²) in [5.74, 6) is 0. The van der Waals surface area contributed by atoms with Gasteiger partial charge in [-0.2, -0.15) is 0 Å². The summed E-state index contributed by atoms with van der Waals surface area (Å²) in [5, 5.41) is -0.137. The van der Waals surface area contributed by atoms with Crippen LogP contribution in [0.25, 0.3) is 0 Å². The third-order valence-electron chi connectivity index (χ3n) is 2.68. The van der Waals surface area contributed by atoms with Crippen LogP contribution in [0.1, 0.15) is 11.1 Å². The Kier molecular flexibility index (Phi) is 6.58. The van der Waals surface area contributed by atoms with Gasteiger partial charge in [-0.1, -0.05) is 108 Å². The van der Waals surface area contributed by atoms with Gasteiger partial charge in [-0.25, -0.2) is 18.4 Å². The van der Waals surface area contributed by atoms with Crippen LogP contribution in [0.4, 0.5) is 0 Å². The molecule has 0 aliphatic heterocycles. The number of pyridine rings is 2. The van der Waals surface area contributed by atoms with Gasteiger partial charge in [0.2, 0.25) is 9.84 Å². The molecular weight excluding hydrogens is 716 g/mol. The molecule has 0 N–H and O–H groups in total. The second-order valence-corrected chi connectivity index (χ2v) is 19.6. The number of nitrogens with zero attached hydrogens (tertiary/aromatic N) is 2. The van der Waals surface area contributed by atoms with Crippen LogP contribution in [0.5, 0.6) is 0 Å². The van der Waals surface area contributed by atoms with Gasteiger partial charge in [0.05, 0.1) is 0 Å². The number of hydrogen-bond donors (Lipinski definition) is 0. The van der Waals surface area contributed by atoms with Gasteiger partial charge in [-0.05, 0) is 12.1 Å². The van der Waals surface area contributed by atoms with Crippen LogP contribution in [0.15, 0.2) is 46.7 Å². The van der Waals surface area contributed by atoms with Crippen LogP contribution in [-0.4, -0.2) is 18.4 Å². The van der Waals surface area contributed by atoms with Crippen molar-refractivity contribution in [2.75, 3.05) is 0 Å². The summed E-state index contributed by atoms with van der Waals surface area (Å²) >= 11 is 20.1. The number of alkyl halides is 6. The lowest BCUT2D eigenvalue weighted by Gasteiger charge is -2.13. The van der Waals surface area contributed by atoms with Crippen molar-refractivity contribution in [2.45, 2.75) is 14.3 Å². The van der Waals surface area contributed by atoms with Gasteiger partial charge in [-0.3, -0.25) is 0 Å². The molecule has 0 radical (unpaired) electrons. The number of rotatable bonds is 2. The average Bonchev–Trinajstić information content (AvgIpc) is 2.46. The standard InChI is InChI=1S/C12H6Br6N2O2S/c13-11(14,15)7-1-3-9(19-5-7)23(21,22)10-4-2-8(6-20-10)12(16,17)18/h1-6H. The lowest BCUT2D eigenvalue weighted by atomic mass is 10.3. The molecule has 124 valence electrons. The zero-order chi connectivity index (χ0) is 17.5. The Morgan fingerprint density at radius 2 is 1.04 bits per heavy atom. The molecule has 0 spiro atoms. The van der Waals surface area contributed by atoms with E-state index in [9.17, 15) is 8.42 Å². The van der Waals surface area contributed by atoms with E-state index in [1.165, 1.54) is 24.5 Å². The second-order valence-electron chi connectivity index (χ2n) is 4.27. The van der Waals surface area contributed by atoms with Crippen molar-refractivity contribution in [1.29, 1.82) is 0 Å². The minimum absolute atomic E-state index is 0.0685. The molecule has 0 saturated carbocycles. The van der Waals surface area contributed by atoms with Gasteiger partial charge >= 0.3 is 0 Å². The summed E-state index contributed by atoms with van der Waals surface area (Å²) in [6.07, 6.45) is 2.92. The zero-order valence-electron chi connectivity index (χ0n) is 10.9. The van der Waals surface area contributed by atoms with Crippen LogP contribution < -0.4 is 0 Å². The molecule has 23 heavy (non-hydrogen) atoms. The SMILES string of the molecule is O=S(=O)(c1ccc(C(Br)(Br)Br)cn1)c1ccc(C(Br)(Br)Br)cn1. The molecule has 0 amide bonds. The van der Waals surface area contributed by atoms with Crippen molar-refractivity contribution in [2.24, 2.45) is 0 Å². The van der Waals surface area contributed by atoms with E-state index in [1.54, 1.807) is 12.1 Å². The highest BCUT2D eigenvalue weighted by Crippen LogP contribution is 2.45. The first-order valence-corrected chi connectivity index (χ1v) is 12.0. The highest BCUT2D eigenvalue weighted by atomic mass is 80.0. The molecule has 0 bridgehead atoms. The van der Waals surface area contributed by atoms with Gasteiger partial charge in [0.15, 0.2) is 14.3 Å². The molecule has 2 aromatic heterocycles. The Morgan fingerprint density at radius 1 is 0.696 bits per heavy atom. The van der Waals surface area contributed by atoms with Crippen LogP contribution >= 0.6 is 95.6 Å². The molecule has 2 heterocycles. The van der Waals surface area contributed by atoms with E-state index in [-0.39, 0.29) is 10.1 Å². The average molecular weight is 722 g/mol. The van der Waals surface area contributed by atoms with Gasteiger partial charge in [0, 0.05) is 23.5 Å². The van der Waals surface area contributed by atoms with Crippen molar-refractivity contribution in [3.8, 4) is 0 Å². The molecule has 0 aromatic carbocycles. The first kappa shape index (κ1) is 20.4. The zero-order valence-corrected chi connectivity index (χ0v) is 21.2. The number of hydrogen-bond acceptors (Lipinski definition) is 4. The van der Waals surface area contributed by atoms with Crippen molar-refractivity contribution >= 4 is 105 Å². The highest BCUT2D eigenvalue weighted by molar-refractivity contribution is 9.39. The molecule has 4 nitrogen and oxygen atoms in total. The normalized spacial score (nSPS) is 13.1. The van der Waals surface area contributed by atoms with E-state index < -0.39 is 14.1 Å². The van der Waals surface area contributed by atoms with Gasteiger partial charge in [0.25, 0.3) is 0 Å². The summed E-state index contributed by atoms with van der Waals surface area (Å²) in [6.45, 7) is 0. The third kappa shape index (κ3) is 5.07. The number of halogens is 6. The van der Waals surface area contributed by atoms with Crippen LogP contribution in [0.2, 0.25) is 0 Å². The first-order valence-electron chi connectivity index (χ1n) is 5.74. The first-order chi connectivity index (χ1) is 10.4. The van der Waals surface area contributed by atoms with Crippen molar-refractivity contribution in [1.82, 2.24) is 9.97 Å². The van der Waals surface area contributed by atoms with E-state index in [0.717, 1.165) is 11.1 Å². The van der Waals surface area contributed by atoms with Crippen LogP contribution in [0.3, 0.4) is 0 Å². The second kappa shape index (κ2) is 7.40. The topological polar surface area (TPSA) is 59.9 Å². The Bertz CT molecular complexity index is 732. The minimum Gasteiger partial charge on any atom is -0.244 e. The Balaban J connectivity index is 2.39. The minimum atomic E-state index is -3.78. The van der Waals surface area contributed by atoms with Gasteiger partial charge < -0.3 is 0 Å². The molecule has 0 saturated heterocycles. The molecule has 0 unspecified atom stereocenters. The highest BCUT2D eigenvalue weighted by Gasteiger charge is 2.26. The fraction of sp³-hybridized carbons (Fsp3) is 0.167. The van der Waals surface area contributed by atoms with E-state index in [4.69, 9.17) is 0 Å². The summed E-state index contributed by atoms with van der Waals surface area (Å²) in [5.41, 5.74) is 1.45. The van der Waals surface area contributed by atoms with Gasteiger partial charge in [0.1, 0.15) is 0 Å². The molecule has 0 aliphatic carbocycles. The third-order valence-corrected chi connectivity index (χ3v) is 7.01. The smallest absolute Gasteiger partial charge is 0.241 e. The van der Waals surface area contributed by atoms with Crippen molar-refractivity contribution in [3.63, 3.8) is 0 Å². The maximum Gasteiger partial charge on any atom is 0.241 e. The fourth-order valence-electron chi connectivity index (χ4n) is 1.52. The monoisotopic (exact) mass is 716 g/mol. The molecule has 2 rings (SSSR count). The maximum absolute atomic E-state index is 12.6. The summed E-state index contributed by atoms with van der Waals surface area (Å²) < 4.78 is 23.8. The lowest BCUT2D eigenvalue weighted by molar-refractivity contribution is 0.588. The molecule has 11 heteroatoms. The Labute approximate surface area is 183 Å². The van der Waals surface area contributed by atoms with E-state index in [2.05, 4.69) is 106 Å². The Hall–Kier alpha value is 1.13. The quantitative estimate of drug-likeness (QED) is 0.363. The molecule has 0 aliphatic rings. The van der Waals surface area contributed by atoms with E-state index in [1.807, 2.05) is 0 Å².